The topological polar surface area (TPSA) is 94.5 Å². The molecule has 7 heteroatoms. The molecular weight excluding hydrogens is 276 g/mol. The molecule has 0 saturated heterocycles. The minimum absolute atomic E-state index is 0.146. The van der Waals surface area contributed by atoms with E-state index in [1.54, 1.807) is 25.3 Å². The monoisotopic (exact) mass is 292 g/mol. The van der Waals surface area contributed by atoms with Crippen molar-refractivity contribution in [3.8, 4) is 5.75 Å². The van der Waals surface area contributed by atoms with Gasteiger partial charge in [0, 0.05) is 48.4 Å². The summed E-state index contributed by atoms with van der Waals surface area (Å²) in [6.07, 6.45) is 2.13. The van der Waals surface area contributed by atoms with Crippen molar-refractivity contribution in [1.29, 1.82) is 0 Å². The summed E-state index contributed by atoms with van der Waals surface area (Å²) in [6.45, 7) is 2.74. The van der Waals surface area contributed by atoms with E-state index in [1.807, 2.05) is 6.07 Å². The summed E-state index contributed by atoms with van der Waals surface area (Å²) in [4.78, 5) is 24.1. The molecule has 1 atom stereocenters. The Labute approximate surface area is 121 Å². The molecule has 112 valence electrons. The number of fused-ring (bicyclic) bond motifs is 1. The SMILES string of the molecule is CC(=O)OCOc1ccc2c(CC(C)[N+](=O)[O-])c[nH]c2c1. The minimum Gasteiger partial charge on any atom is -0.457 e. The third-order valence-corrected chi connectivity index (χ3v) is 3.10. The van der Waals surface area contributed by atoms with Crippen molar-refractivity contribution in [2.24, 2.45) is 0 Å². The number of nitrogens with zero attached hydrogens (tertiary/aromatic N) is 1. The number of carbonyl (C=O) groups is 1. The van der Waals surface area contributed by atoms with Crippen LogP contribution in [0.1, 0.15) is 19.4 Å². The Morgan fingerprint density at radius 3 is 2.90 bits per heavy atom. The van der Waals surface area contributed by atoms with Crippen LogP contribution in [0.3, 0.4) is 0 Å². The van der Waals surface area contributed by atoms with Gasteiger partial charge in [0.15, 0.2) is 0 Å². The molecule has 0 aliphatic heterocycles. The van der Waals surface area contributed by atoms with Crippen LogP contribution in [0.4, 0.5) is 0 Å². The Balaban J connectivity index is 2.11. The van der Waals surface area contributed by atoms with E-state index in [0.717, 1.165) is 16.5 Å². The fourth-order valence-corrected chi connectivity index (χ4v) is 2.00. The Morgan fingerprint density at radius 2 is 2.24 bits per heavy atom. The number of hydrogen-bond acceptors (Lipinski definition) is 5. The molecule has 7 nitrogen and oxygen atoms in total. The Kier molecular flexibility index (Phi) is 4.42. The highest BCUT2D eigenvalue weighted by Gasteiger charge is 2.16. The van der Waals surface area contributed by atoms with Crippen molar-refractivity contribution in [2.75, 3.05) is 6.79 Å². The zero-order valence-electron chi connectivity index (χ0n) is 11.8. The summed E-state index contributed by atoms with van der Waals surface area (Å²) in [5, 5.41) is 11.6. The molecule has 0 bridgehead atoms. The lowest BCUT2D eigenvalue weighted by Crippen LogP contribution is -2.17. The maximum absolute atomic E-state index is 10.7. The average Bonchev–Trinajstić information content (AvgIpc) is 2.81. The van der Waals surface area contributed by atoms with Crippen molar-refractivity contribution >= 4 is 16.9 Å². The number of esters is 1. The van der Waals surface area contributed by atoms with Crippen LogP contribution in [0, 0.1) is 10.1 Å². The summed E-state index contributed by atoms with van der Waals surface area (Å²) in [5.41, 5.74) is 1.71. The van der Waals surface area contributed by atoms with Crippen LogP contribution in [0.25, 0.3) is 10.9 Å². The fourth-order valence-electron chi connectivity index (χ4n) is 2.00. The van der Waals surface area contributed by atoms with Gasteiger partial charge in [-0.2, -0.15) is 0 Å². The minimum atomic E-state index is -0.635. The lowest BCUT2D eigenvalue weighted by atomic mass is 10.1. The zero-order chi connectivity index (χ0) is 15.4. The van der Waals surface area contributed by atoms with Crippen molar-refractivity contribution in [2.45, 2.75) is 26.3 Å². The van der Waals surface area contributed by atoms with Crippen molar-refractivity contribution in [1.82, 2.24) is 4.98 Å². The number of hydrogen-bond donors (Lipinski definition) is 1. The van der Waals surface area contributed by atoms with E-state index in [1.165, 1.54) is 6.92 Å². The third kappa shape index (κ3) is 3.71. The molecular formula is C14H16N2O5. The van der Waals surface area contributed by atoms with Gasteiger partial charge in [0.05, 0.1) is 0 Å². The zero-order valence-corrected chi connectivity index (χ0v) is 11.8. The number of H-pyrrole nitrogens is 1. The smallest absolute Gasteiger partial charge is 0.305 e. The molecule has 1 N–H and O–H groups in total. The van der Waals surface area contributed by atoms with Crippen molar-refractivity contribution in [3.63, 3.8) is 0 Å². The van der Waals surface area contributed by atoms with Gasteiger partial charge in [0.2, 0.25) is 12.8 Å². The highest BCUT2D eigenvalue weighted by atomic mass is 16.7. The maximum Gasteiger partial charge on any atom is 0.305 e. The Hall–Kier alpha value is -2.57. The molecule has 1 heterocycles. The highest BCUT2D eigenvalue weighted by molar-refractivity contribution is 5.84. The highest BCUT2D eigenvalue weighted by Crippen LogP contribution is 2.24. The van der Waals surface area contributed by atoms with E-state index in [9.17, 15) is 14.9 Å². The molecule has 0 radical (unpaired) electrons. The summed E-state index contributed by atoms with van der Waals surface area (Å²) < 4.78 is 9.98. The summed E-state index contributed by atoms with van der Waals surface area (Å²) >= 11 is 0. The molecule has 2 aromatic rings. The first-order valence-electron chi connectivity index (χ1n) is 6.47. The van der Waals surface area contributed by atoms with E-state index < -0.39 is 12.0 Å². The van der Waals surface area contributed by atoms with Crippen LogP contribution in [0.15, 0.2) is 24.4 Å². The summed E-state index contributed by atoms with van der Waals surface area (Å²) in [7, 11) is 0. The van der Waals surface area contributed by atoms with Crippen LogP contribution in [0.5, 0.6) is 5.75 Å². The number of ether oxygens (including phenoxy) is 2. The Morgan fingerprint density at radius 1 is 1.48 bits per heavy atom. The molecule has 0 aliphatic rings. The van der Waals surface area contributed by atoms with Crippen LogP contribution < -0.4 is 4.74 Å². The first kappa shape index (κ1) is 14.8. The standard InChI is InChI=1S/C14H16N2O5/c1-9(16(18)19)5-11-7-15-14-6-12(3-4-13(11)14)21-8-20-10(2)17/h3-4,6-7,9,15H,5,8H2,1-2H3. The molecule has 1 unspecified atom stereocenters. The van der Waals surface area contributed by atoms with E-state index in [0.29, 0.717) is 12.2 Å². The van der Waals surface area contributed by atoms with Crippen molar-refractivity contribution < 1.29 is 19.2 Å². The third-order valence-electron chi connectivity index (χ3n) is 3.10. The number of aromatic amines is 1. The van der Waals surface area contributed by atoms with Gasteiger partial charge in [-0.05, 0) is 17.7 Å². The lowest BCUT2D eigenvalue weighted by molar-refractivity contribution is -0.517. The Bertz CT molecular complexity index is 664. The maximum atomic E-state index is 10.7. The number of benzene rings is 1. The summed E-state index contributed by atoms with van der Waals surface area (Å²) in [6, 6.07) is 4.69. The van der Waals surface area contributed by atoms with Gasteiger partial charge in [0.25, 0.3) is 0 Å². The van der Waals surface area contributed by atoms with Crippen LogP contribution in [-0.2, 0) is 16.0 Å². The quantitative estimate of drug-likeness (QED) is 0.381. The van der Waals surface area contributed by atoms with Crippen LogP contribution in [0.2, 0.25) is 0 Å². The van der Waals surface area contributed by atoms with E-state index in [4.69, 9.17) is 9.47 Å². The first-order chi connectivity index (χ1) is 9.97. The number of aromatic nitrogens is 1. The molecule has 1 aromatic heterocycles. The molecule has 0 spiro atoms. The molecule has 0 amide bonds. The lowest BCUT2D eigenvalue weighted by Gasteiger charge is -2.06. The largest absolute Gasteiger partial charge is 0.457 e. The van der Waals surface area contributed by atoms with E-state index in [-0.39, 0.29) is 11.7 Å². The first-order valence-corrected chi connectivity index (χ1v) is 6.47. The number of nitrogens with one attached hydrogen (secondary N) is 1. The van der Waals surface area contributed by atoms with Gasteiger partial charge >= 0.3 is 5.97 Å². The van der Waals surface area contributed by atoms with Gasteiger partial charge < -0.3 is 14.5 Å². The van der Waals surface area contributed by atoms with Gasteiger partial charge in [-0.25, -0.2) is 0 Å². The van der Waals surface area contributed by atoms with E-state index in [2.05, 4.69) is 4.98 Å². The second-order valence-electron chi connectivity index (χ2n) is 4.76. The molecule has 21 heavy (non-hydrogen) atoms. The predicted molar refractivity (Wildman–Crippen MR) is 75.7 cm³/mol. The second kappa shape index (κ2) is 6.25. The molecule has 1 aromatic carbocycles. The normalized spacial score (nSPS) is 12.1. The van der Waals surface area contributed by atoms with Gasteiger partial charge in [-0.15, -0.1) is 0 Å². The molecule has 0 aliphatic carbocycles. The van der Waals surface area contributed by atoms with Crippen LogP contribution in [-0.4, -0.2) is 28.7 Å². The fraction of sp³-hybridized carbons (Fsp3) is 0.357. The average molecular weight is 292 g/mol. The van der Waals surface area contributed by atoms with Gasteiger partial charge in [-0.3, -0.25) is 14.9 Å². The number of rotatable bonds is 6. The second-order valence-corrected chi connectivity index (χ2v) is 4.76. The van der Waals surface area contributed by atoms with Gasteiger partial charge in [-0.1, -0.05) is 0 Å². The predicted octanol–water partition coefficient (Wildman–Crippen LogP) is 2.28. The summed E-state index contributed by atoms with van der Waals surface area (Å²) in [5.74, 6) is 0.145. The number of carbonyl (C=O) groups excluding carboxylic acids is 1. The number of nitro groups is 1. The molecule has 0 fully saturated rings. The molecule has 0 saturated carbocycles. The van der Waals surface area contributed by atoms with E-state index >= 15 is 0 Å². The van der Waals surface area contributed by atoms with Crippen LogP contribution >= 0.6 is 0 Å². The molecule has 2 rings (SSSR count). The van der Waals surface area contributed by atoms with Gasteiger partial charge in [0.1, 0.15) is 5.75 Å². The van der Waals surface area contributed by atoms with Crippen molar-refractivity contribution in [3.05, 3.63) is 40.1 Å².